The molecule has 166 valence electrons. The van der Waals surface area contributed by atoms with Gasteiger partial charge in [-0.25, -0.2) is 4.98 Å². The number of nitrogens with one attached hydrogen (secondary N) is 2. The Labute approximate surface area is 189 Å². The first-order chi connectivity index (χ1) is 15.8. The van der Waals surface area contributed by atoms with Gasteiger partial charge in [-0.05, 0) is 31.0 Å². The Morgan fingerprint density at radius 2 is 1.73 bits per heavy atom. The summed E-state index contributed by atoms with van der Waals surface area (Å²) in [6, 6.07) is 9.35. The molecule has 0 saturated carbocycles. The second-order valence-electron chi connectivity index (χ2n) is 8.19. The summed E-state index contributed by atoms with van der Waals surface area (Å²) < 4.78 is 9.37. The molecule has 2 N–H and O–H groups in total. The van der Waals surface area contributed by atoms with Crippen LogP contribution in [0.5, 0.6) is 11.5 Å². The van der Waals surface area contributed by atoms with Gasteiger partial charge in [-0.1, -0.05) is 18.2 Å². The maximum absolute atomic E-state index is 12.9. The van der Waals surface area contributed by atoms with Crippen molar-refractivity contribution in [1.82, 2.24) is 24.1 Å². The number of benzene rings is 1. The van der Waals surface area contributed by atoms with Crippen LogP contribution in [-0.2, 0) is 14.1 Å². The van der Waals surface area contributed by atoms with E-state index in [0.29, 0.717) is 39.3 Å². The van der Waals surface area contributed by atoms with Crippen LogP contribution >= 0.6 is 0 Å². The van der Waals surface area contributed by atoms with Crippen molar-refractivity contribution in [2.24, 2.45) is 14.1 Å². The number of imidazole rings is 1. The fourth-order valence-electron chi connectivity index (χ4n) is 4.06. The standard InChI is InChI=1S/C25H23N5O3/c1-14-6-5-7-15(2)23(14)33-20-13-29(3)21(31)11-16(20)18-12-30(4)25(32)22-17(18)10-19(28-22)24-26-8-9-27-24/h5-13,28H,1-4H3,(H,26,27). The van der Waals surface area contributed by atoms with Crippen molar-refractivity contribution in [3.05, 3.63) is 87.0 Å². The van der Waals surface area contributed by atoms with E-state index in [1.54, 1.807) is 44.9 Å². The van der Waals surface area contributed by atoms with Crippen molar-refractivity contribution >= 4 is 10.9 Å². The van der Waals surface area contributed by atoms with Crippen molar-refractivity contribution in [2.45, 2.75) is 13.8 Å². The smallest absolute Gasteiger partial charge is 0.274 e. The number of para-hydroxylation sites is 1. The second kappa shape index (κ2) is 7.67. The van der Waals surface area contributed by atoms with Crippen molar-refractivity contribution in [3.8, 4) is 34.1 Å². The van der Waals surface area contributed by atoms with E-state index < -0.39 is 0 Å². The predicted octanol–water partition coefficient (Wildman–Crippen LogP) is 4.03. The second-order valence-corrected chi connectivity index (χ2v) is 8.19. The third-order valence-electron chi connectivity index (χ3n) is 5.82. The summed E-state index contributed by atoms with van der Waals surface area (Å²) in [6.45, 7) is 3.96. The molecule has 0 aliphatic rings. The van der Waals surface area contributed by atoms with E-state index in [0.717, 1.165) is 16.9 Å². The Kier molecular flexibility index (Phi) is 4.78. The summed E-state index contributed by atoms with van der Waals surface area (Å²) in [5, 5.41) is 0.684. The SMILES string of the molecule is Cc1cccc(C)c1Oc1cn(C)c(=O)cc1-c1cn(C)c(=O)c2[nH]c(-c3ncc[nH]3)cc12. The average molecular weight is 441 g/mol. The molecule has 5 aromatic rings. The highest BCUT2D eigenvalue weighted by atomic mass is 16.5. The highest BCUT2D eigenvalue weighted by Gasteiger charge is 2.19. The zero-order valence-electron chi connectivity index (χ0n) is 18.8. The van der Waals surface area contributed by atoms with Crippen LogP contribution in [0.25, 0.3) is 33.5 Å². The van der Waals surface area contributed by atoms with Crippen LogP contribution in [0.15, 0.2) is 64.7 Å². The molecule has 8 nitrogen and oxygen atoms in total. The van der Waals surface area contributed by atoms with Crippen LogP contribution < -0.4 is 15.9 Å². The molecule has 0 aliphatic carbocycles. The first-order valence-corrected chi connectivity index (χ1v) is 10.5. The van der Waals surface area contributed by atoms with Gasteiger partial charge >= 0.3 is 0 Å². The highest BCUT2D eigenvalue weighted by Crippen LogP contribution is 2.38. The van der Waals surface area contributed by atoms with Crippen molar-refractivity contribution < 1.29 is 4.74 Å². The minimum Gasteiger partial charge on any atom is -0.455 e. The molecule has 0 aliphatic heterocycles. The highest BCUT2D eigenvalue weighted by molar-refractivity contribution is 5.98. The van der Waals surface area contributed by atoms with E-state index in [1.807, 2.05) is 38.1 Å². The molecule has 0 bridgehead atoms. The van der Waals surface area contributed by atoms with Crippen molar-refractivity contribution in [3.63, 3.8) is 0 Å². The maximum atomic E-state index is 12.9. The molecule has 0 saturated heterocycles. The molecule has 8 heteroatoms. The fourth-order valence-corrected chi connectivity index (χ4v) is 4.06. The molecule has 0 atom stereocenters. The number of aryl methyl sites for hydroxylation is 4. The number of aromatic nitrogens is 5. The van der Waals surface area contributed by atoms with Crippen LogP contribution in [0.3, 0.4) is 0 Å². The Bertz CT molecular complexity index is 1600. The lowest BCUT2D eigenvalue weighted by molar-refractivity contribution is 0.470. The Hall–Kier alpha value is -4.33. The van der Waals surface area contributed by atoms with Gasteiger partial charge in [0.15, 0.2) is 11.6 Å². The fraction of sp³-hybridized carbons (Fsp3) is 0.160. The van der Waals surface area contributed by atoms with Crippen LogP contribution in [0.2, 0.25) is 0 Å². The lowest BCUT2D eigenvalue weighted by Gasteiger charge is -2.17. The molecular formula is C25H23N5O3. The molecule has 4 heterocycles. The minimum absolute atomic E-state index is 0.174. The molecule has 0 spiro atoms. The molecule has 0 amide bonds. The number of hydrogen-bond acceptors (Lipinski definition) is 4. The minimum atomic E-state index is -0.178. The molecule has 0 fully saturated rings. The number of aromatic amines is 2. The van der Waals surface area contributed by atoms with Gasteiger partial charge in [0.1, 0.15) is 11.3 Å². The first-order valence-electron chi connectivity index (χ1n) is 10.5. The number of rotatable bonds is 4. The topological polar surface area (TPSA) is 97.7 Å². The molecule has 0 radical (unpaired) electrons. The van der Waals surface area contributed by atoms with Crippen molar-refractivity contribution in [2.75, 3.05) is 0 Å². The predicted molar refractivity (Wildman–Crippen MR) is 128 cm³/mol. The van der Waals surface area contributed by atoms with Crippen LogP contribution in [-0.4, -0.2) is 24.1 Å². The molecule has 33 heavy (non-hydrogen) atoms. The van der Waals surface area contributed by atoms with Crippen molar-refractivity contribution in [1.29, 1.82) is 0 Å². The van der Waals surface area contributed by atoms with Gasteiger partial charge in [0.2, 0.25) is 0 Å². The Morgan fingerprint density at radius 1 is 0.970 bits per heavy atom. The maximum Gasteiger partial charge on any atom is 0.274 e. The number of ether oxygens (including phenoxy) is 1. The number of H-pyrrole nitrogens is 2. The summed E-state index contributed by atoms with van der Waals surface area (Å²) >= 11 is 0. The van der Waals surface area contributed by atoms with Crippen LogP contribution in [0, 0.1) is 13.8 Å². The molecule has 1 aromatic carbocycles. The van der Waals surface area contributed by atoms with E-state index in [4.69, 9.17) is 4.74 Å². The number of hydrogen-bond donors (Lipinski definition) is 2. The van der Waals surface area contributed by atoms with E-state index in [2.05, 4.69) is 15.0 Å². The summed E-state index contributed by atoms with van der Waals surface area (Å²) in [7, 11) is 3.37. The van der Waals surface area contributed by atoms with Crippen LogP contribution in [0.1, 0.15) is 11.1 Å². The summed E-state index contributed by atoms with van der Waals surface area (Å²) in [5.74, 6) is 1.88. The lowest BCUT2D eigenvalue weighted by Crippen LogP contribution is -2.18. The van der Waals surface area contributed by atoms with Gasteiger partial charge in [0.25, 0.3) is 11.1 Å². The van der Waals surface area contributed by atoms with E-state index in [-0.39, 0.29) is 11.1 Å². The van der Waals surface area contributed by atoms with Gasteiger partial charge in [-0.2, -0.15) is 0 Å². The number of fused-ring (bicyclic) bond motifs is 1. The normalized spacial score (nSPS) is 11.3. The Morgan fingerprint density at radius 3 is 2.42 bits per heavy atom. The summed E-state index contributed by atoms with van der Waals surface area (Å²) in [4.78, 5) is 36.0. The molecule has 4 aromatic heterocycles. The summed E-state index contributed by atoms with van der Waals surface area (Å²) in [5.41, 5.74) is 4.05. The zero-order valence-corrected chi connectivity index (χ0v) is 18.8. The Balaban J connectivity index is 1.78. The molecular weight excluding hydrogens is 418 g/mol. The van der Waals surface area contributed by atoms with Crippen LogP contribution in [0.4, 0.5) is 0 Å². The largest absolute Gasteiger partial charge is 0.455 e. The zero-order chi connectivity index (χ0) is 23.3. The number of nitrogens with zero attached hydrogens (tertiary/aromatic N) is 3. The van der Waals surface area contributed by atoms with Gasteiger partial charge < -0.3 is 23.8 Å². The van der Waals surface area contributed by atoms with Gasteiger partial charge in [-0.3, -0.25) is 9.59 Å². The first kappa shape index (κ1) is 20.6. The van der Waals surface area contributed by atoms with Gasteiger partial charge in [0, 0.05) is 55.3 Å². The number of pyridine rings is 2. The third-order valence-corrected chi connectivity index (χ3v) is 5.82. The van der Waals surface area contributed by atoms with Gasteiger partial charge in [-0.15, -0.1) is 0 Å². The molecule has 0 unspecified atom stereocenters. The van der Waals surface area contributed by atoms with E-state index in [1.165, 1.54) is 9.13 Å². The third kappa shape index (κ3) is 3.45. The van der Waals surface area contributed by atoms with E-state index in [9.17, 15) is 9.59 Å². The lowest BCUT2D eigenvalue weighted by atomic mass is 10.0. The monoisotopic (exact) mass is 441 g/mol. The summed E-state index contributed by atoms with van der Waals surface area (Å²) in [6.07, 6.45) is 6.78. The average Bonchev–Trinajstić information content (AvgIpc) is 3.46. The van der Waals surface area contributed by atoms with E-state index >= 15 is 0 Å². The van der Waals surface area contributed by atoms with Gasteiger partial charge in [0.05, 0.1) is 11.9 Å². The quantitative estimate of drug-likeness (QED) is 0.440. The molecule has 5 rings (SSSR count).